The first-order valence-corrected chi connectivity index (χ1v) is 10.7. The fourth-order valence-corrected chi connectivity index (χ4v) is 3.80. The van der Waals surface area contributed by atoms with Crippen LogP contribution in [0.2, 0.25) is 5.15 Å². The number of nitrogens with two attached hydrogens (primary N) is 1. The van der Waals surface area contributed by atoms with Gasteiger partial charge in [0.2, 0.25) is 0 Å². The minimum absolute atomic E-state index is 0.0388. The number of aliphatic hydroxyl groups excluding tert-OH is 2. The normalized spacial score (nSPS) is 25.8. The minimum atomic E-state index is -0.936. The summed E-state index contributed by atoms with van der Waals surface area (Å²) in [6.45, 7) is 6.04. The molecule has 1 saturated heterocycles. The number of ether oxygens (including phenoxy) is 2. The minimum Gasteiger partial charge on any atom is -0.395 e. The topological polar surface area (TPSA) is 111 Å². The Morgan fingerprint density at radius 1 is 1.26 bits per heavy atom. The molecule has 1 fully saturated rings. The molecule has 1 aliphatic rings. The lowest BCUT2D eigenvalue weighted by Crippen LogP contribution is -2.46. The molecule has 0 spiro atoms. The van der Waals surface area contributed by atoms with Crippen LogP contribution in [0.25, 0.3) is 0 Å². The number of aromatic nitrogens is 2. The molecule has 2 rings (SSSR count). The number of nitrogen functional groups attached to an aromatic ring is 1. The third-order valence-corrected chi connectivity index (χ3v) is 5.85. The highest BCUT2D eigenvalue weighted by Gasteiger charge is 2.33. The Kier molecular flexibility index (Phi) is 8.58. The van der Waals surface area contributed by atoms with Crippen molar-refractivity contribution in [3.63, 3.8) is 0 Å². The highest BCUT2D eigenvalue weighted by Crippen LogP contribution is 2.28. The van der Waals surface area contributed by atoms with Gasteiger partial charge < -0.3 is 25.4 Å². The second kappa shape index (κ2) is 10.2. The Bertz CT molecular complexity index is 621. The van der Waals surface area contributed by atoms with E-state index < -0.39 is 18.0 Å². The Morgan fingerprint density at radius 2 is 1.96 bits per heavy atom. The van der Waals surface area contributed by atoms with Crippen LogP contribution in [-0.4, -0.2) is 57.1 Å². The quantitative estimate of drug-likeness (QED) is 0.351. The Balaban J connectivity index is 1.98. The Hall–Kier alpha value is -0.640. The molecule has 7 nitrogen and oxygen atoms in total. The predicted octanol–water partition coefficient (Wildman–Crippen LogP) is 2.66. The van der Waals surface area contributed by atoms with E-state index in [1.165, 1.54) is 0 Å². The van der Waals surface area contributed by atoms with Gasteiger partial charge >= 0.3 is 0 Å². The number of halogens is 1. The monoisotopic (exact) mass is 419 g/mol. The van der Waals surface area contributed by atoms with E-state index in [1.54, 1.807) is 25.6 Å². The van der Waals surface area contributed by atoms with Gasteiger partial charge in [0.1, 0.15) is 6.10 Å². The number of aryl methyl sites for hydroxylation is 1. The molecule has 1 aromatic rings. The van der Waals surface area contributed by atoms with E-state index in [0.717, 1.165) is 24.3 Å². The molecule has 4 N–H and O–H groups in total. The summed E-state index contributed by atoms with van der Waals surface area (Å²) >= 11 is 7.70. The molecular formula is C18H30ClN3O4S. The second-order valence-electron chi connectivity index (χ2n) is 7.24. The Morgan fingerprint density at radius 3 is 2.67 bits per heavy atom. The average molecular weight is 420 g/mol. The number of nitrogens with zero attached hydrogens (tertiary/aromatic N) is 2. The standard InChI is InChI=1S/C18H30ClN3O4S/c1-4-8-27-17-21-12(14(20)16(19)22-17)7-5-6-11-9-25-18(2,3)26-10-13(23)15(11)24/h11,13,15,23-24H,4-10,20H2,1-3H3. The number of rotatable bonds is 7. The smallest absolute Gasteiger partial charge is 0.189 e. The van der Waals surface area contributed by atoms with Crippen LogP contribution >= 0.6 is 23.4 Å². The van der Waals surface area contributed by atoms with Gasteiger partial charge in [0.05, 0.1) is 30.7 Å². The zero-order valence-electron chi connectivity index (χ0n) is 16.2. The van der Waals surface area contributed by atoms with Crippen molar-refractivity contribution < 1.29 is 19.7 Å². The van der Waals surface area contributed by atoms with Gasteiger partial charge in [-0.05, 0) is 39.5 Å². The van der Waals surface area contributed by atoms with Gasteiger partial charge in [0.15, 0.2) is 16.1 Å². The lowest BCUT2D eigenvalue weighted by Gasteiger charge is -2.36. The summed E-state index contributed by atoms with van der Waals surface area (Å²) in [4.78, 5) is 8.74. The van der Waals surface area contributed by atoms with Crippen molar-refractivity contribution in [2.75, 3.05) is 24.7 Å². The summed E-state index contributed by atoms with van der Waals surface area (Å²) in [6, 6.07) is 0. The third kappa shape index (κ3) is 6.73. The zero-order chi connectivity index (χ0) is 20.0. The first-order chi connectivity index (χ1) is 12.7. The molecule has 0 bridgehead atoms. The van der Waals surface area contributed by atoms with E-state index in [-0.39, 0.29) is 17.7 Å². The summed E-state index contributed by atoms with van der Waals surface area (Å²) in [6.07, 6.45) is 1.19. The van der Waals surface area contributed by atoms with Gasteiger partial charge in [-0.2, -0.15) is 0 Å². The molecule has 0 saturated carbocycles. The Labute approximate surface area is 170 Å². The van der Waals surface area contributed by atoms with Crippen molar-refractivity contribution in [1.29, 1.82) is 0 Å². The van der Waals surface area contributed by atoms with Crippen LogP contribution < -0.4 is 5.73 Å². The summed E-state index contributed by atoms with van der Waals surface area (Å²) in [7, 11) is 0. The van der Waals surface area contributed by atoms with Crippen LogP contribution in [0, 0.1) is 5.92 Å². The predicted molar refractivity (Wildman–Crippen MR) is 107 cm³/mol. The fourth-order valence-electron chi connectivity index (χ4n) is 2.85. The van der Waals surface area contributed by atoms with Gasteiger partial charge in [-0.25, -0.2) is 9.97 Å². The molecule has 1 aromatic heterocycles. The fraction of sp³-hybridized carbons (Fsp3) is 0.778. The third-order valence-electron chi connectivity index (χ3n) is 4.51. The van der Waals surface area contributed by atoms with Gasteiger partial charge in [0.25, 0.3) is 0 Å². The lowest BCUT2D eigenvalue weighted by molar-refractivity contribution is -0.257. The molecule has 9 heteroatoms. The summed E-state index contributed by atoms with van der Waals surface area (Å²) in [5.41, 5.74) is 7.16. The highest BCUT2D eigenvalue weighted by molar-refractivity contribution is 7.99. The number of thioether (sulfide) groups is 1. The van der Waals surface area contributed by atoms with Crippen molar-refractivity contribution >= 4 is 29.1 Å². The summed E-state index contributed by atoms with van der Waals surface area (Å²) < 4.78 is 11.2. The van der Waals surface area contributed by atoms with Crippen LogP contribution in [0.5, 0.6) is 0 Å². The van der Waals surface area contributed by atoms with Crippen LogP contribution in [0.3, 0.4) is 0 Å². The molecule has 2 heterocycles. The van der Waals surface area contributed by atoms with Gasteiger partial charge in [-0.3, -0.25) is 0 Å². The molecule has 27 heavy (non-hydrogen) atoms. The maximum absolute atomic E-state index is 10.4. The first-order valence-electron chi connectivity index (χ1n) is 9.32. The molecule has 0 amide bonds. The van der Waals surface area contributed by atoms with Crippen LogP contribution in [0.4, 0.5) is 5.69 Å². The SMILES string of the molecule is CCCSc1nc(Cl)c(N)c(CCCC2COC(C)(C)OCC(O)C2O)n1. The van der Waals surface area contributed by atoms with Crippen molar-refractivity contribution in [3.8, 4) is 0 Å². The maximum Gasteiger partial charge on any atom is 0.189 e. The van der Waals surface area contributed by atoms with Crippen LogP contribution in [-0.2, 0) is 15.9 Å². The van der Waals surface area contributed by atoms with E-state index in [1.807, 2.05) is 0 Å². The van der Waals surface area contributed by atoms with Gasteiger partial charge in [-0.1, -0.05) is 30.3 Å². The van der Waals surface area contributed by atoms with E-state index in [2.05, 4.69) is 16.9 Å². The van der Waals surface area contributed by atoms with E-state index in [4.69, 9.17) is 26.8 Å². The number of hydrogen-bond donors (Lipinski definition) is 3. The zero-order valence-corrected chi connectivity index (χ0v) is 17.7. The van der Waals surface area contributed by atoms with E-state index >= 15 is 0 Å². The van der Waals surface area contributed by atoms with Crippen molar-refractivity contribution in [2.45, 2.75) is 69.6 Å². The van der Waals surface area contributed by atoms with Crippen LogP contribution in [0.1, 0.15) is 45.7 Å². The largest absolute Gasteiger partial charge is 0.395 e. The molecule has 154 valence electrons. The average Bonchev–Trinajstić information content (AvgIpc) is 2.63. The molecule has 0 aromatic carbocycles. The van der Waals surface area contributed by atoms with Gasteiger partial charge in [0, 0.05) is 11.7 Å². The van der Waals surface area contributed by atoms with E-state index in [0.29, 0.717) is 30.3 Å². The van der Waals surface area contributed by atoms with Crippen LogP contribution in [0.15, 0.2) is 5.16 Å². The highest BCUT2D eigenvalue weighted by atomic mass is 35.5. The molecular weight excluding hydrogens is 390 g/mol. The van der Waals surface area contributed by atoms with Crippen molar-refractivity contribution in [1.82, 2.24) is 9.97 Å². The molecule has 1 aliphatic heterocycles. The number of aliphatic hydroxyl groups is 2. The van der Waals surface area contributed by atoms with Crippen molar-refractivity contribution in [2.24, 2.45) is 5.92 Å². The maximum atomic E-state index is 10.4. The van der Waals surface area contributed by atoms with E-state index in [9.17, 15) is 10.2 Å². The first kappa shape index (κ1) is 22.6. The molecule has 3 unspecified atom stereocenters. The number of anilines is 1. The summed E-state index contributed by atoms with van der Waals surface area (Å²) in [5, 5.41) is 21.4. The molecule has 3 atom stereocenters. The molecule has 0 aliphatic carbocycles. The number of hydrogen-bond acceptors (Lipinski definition) is 8. The summed E-state index contributed by atoms with van der Waals surface area (Å²) in [5.74, 6) is -0.0631. The molecule has 0 radical (unpaired) electrons. The van der Waals surface area contributed by atoms with Gasteiger partial charge in [-0.15, -0.1) is 0 Å². The van der Waals surface area contributed by atoms with Crippen molar-refractivity contribution in [3.05, 3.63) is 10.8 Å². The second-order valence-corrected chi connectivity index (χ2v) is 8.66. The lowest BCUT2D eigenvalue weighted by atomic mass is 9.92.